The number of primary amides is 1. The first kappa shape index (κ1) is 13.2. The van der Waals surface area contributed by atoms with Gasteiger partial charge in [-0.2, -0.15) is 0 Å². The van der Waals surface area contributed by atoms with Crippen LogP contribution in [0, 0.1) is 0 Å². The number of anilines is 2. The van der Waals surface area contributed by atoms with Crippen molar-refractivity contribution >= 4 is 23.4 Å². The fraction of sp³-hybridized carbons (Fsp3) is 0.333. The number of benzene rings is 1. The van der Waals surface area contributed by atoms with Gasteiger partial charge >= 0.3 is 6.09 Å². The van der Waals surface area contributed by atoms with Crippen molar-refractivity contribution < 1.29 is 14.3 Å². The minimum Gasteiger partial charge on any atom is -0.408 e. The maximum absolute atomic E-state index is 11.9. The second-order valence-corrected chi connectivity index (χ2v) is 4.43. The fourth-order valence-electron chi connectivity index (χ4n) is 1.95. The number of nitrogen functional groups attached to an aromatic ring is 1. The van der Waals surface area contributed by atoms with Crippen LogP contribution in [0.15, 0.2) is 18.2 Å². The van der Waals surface area contributed by atoms with Crippen LogP contribution in [0.1, 0.15) is 0 Å². The lowest BCUT2D eigenvalue weighted by Gasteiger charge is -2.32. The Morgan fingerprint density at radius 2 is 2.11 bits per heavy atom. The summed E-state index contributed by atoms with van der Waals surface area (Å²) in [6, 6.07) is 4.84. The first-order valence-electron chi connectivity index (χ1n) is 5.83. The molecule has 0 spiro atoms. The predicted molar refractivity (Wildman–Crippen MR) is 70.9 cm³/mol. The molecule has 2 amide bonds. The van der Waals surface area contributed by atoms with E-state index in [1.807, 2.05) is 11.9 Å². The van der Waals surface area contributed by atoms with Crippen molar-refractivity contribution in [2.75, 3.05) is 37.3 Å². The standard InChI is InChI=1S/C12H16N4O3/c1-15-4-5-16(11(17)7-15)8-2-3-9(13)10(6-8)19-12(14)18/h2-3,6H,4-5,7,13H2,1H3,(H2,14,18). The van der Waals surface area contributed by atoms with Crippen molar-refractivity contribution in [3.8, 4) is 5.75 Å². The van der Waals surface area contributed by atoms with Crippen molar-refractivity contribution in [3.63, 3.8) is 0 Å². The molecule has 0 radical (unpaired) electrons. The maximum Gasteiger partial charge on any atom is 0.410 e. The number of rotatable bonds is 2. The Balaban J connectivity index is 2.25. The topological polar surface area (TPSA) is 102 Å². The molecule has 1 fully saturated rings. The van der Waals surface area contributed by atoms with E-state index in [9.17, 15) is 9.59 Å². The minimum atomic E-state index is -0.937. The molecule has 4 N–H and O–H groups in total. The minimum absolute atomic E-state index is 0.0106. The van der Waals surface area contributed by atoms with Crippen molar-refractivity contribution in [1.29, 1.82) is 0 Å². The van der Waals surface area contributed by atoms with Crippen molar-refractivity contribution in [3.05, 3.63) is 18.2 Å². The van der Waals surface area contributed by atoms with Gasteiger partial charge in [0.15, 0.2) is 5.75 Å². The Labute approximate surface area is 110 Å². The summed E-state index contributed by atoms with van der Waals surface area (Å²) in [5.74, 6) is 0.153. The van der Waals surface area contributed by atoms with Gasteiger partial charge in [0.2, 0.25) is 5.91 Å². The van der Waals surface area contributed by atoms with E-state index in [-0.39, 0.29) is 11.7 Å². The zero-order valence-electron chi connectivity index (χ0n) is 10.6. The molecule has 0 unspecified atom stereocenters. The molecule has 19 heavy (non-hydrogen) atoms. The molecule has 2 rings (SSSR count). The number of hydrogen-bond donors (Lipinski definition) is 2. The predicted octanol–water partition coefficient (Wildman–Crippen LogP) is 0.00470. The second kappa shape index (κ2) is 5.15. The van der Waals surface area contributed by atoms with Gasteiger partial charge in [0.05, 0.1) is 12.2 Å². The maximum atomic E-state index is 11.9. The molecule has 0 bridgehead atoms. The monoisotopic (exact) mass is 264 g/mol. The highest BCUT2D eigenvalue weighted by Gasteiger charge is 2.23. The van der Waals surface area contributed by atoms with Crippen molar-refractivity contribution in [1.82, 2.24) is 4.90 Å². The molecule has 0 saturated carbocycles. The lowest BCUT2D eigenvalue weighted by Crippen LogP contribution is -2.48. The summed E-state index contributed by atoms with van der Waals surface area (Å²) in [4.78, 5) is 26.3. The van der Waals surface area contributed by atoms with Gasteiger partial charge in [-0.3, -0.25) is 9.69 Å². The summed E-state index contributed by atoms with van der Waals surface area (Å²) in [6.45, 7) is 1.72. The molecule has 1 saturated heterocycles. The van der Waals surface area contributed by atoms with Gasteiger partial charge in [0.1, 0.15) is 0 Å². The van der Waals surface area contributed by atoms with Crippen LogP contribution in [0.3, 0.4) is 0 Å². The molecule has 0 aliphatic carbocycles. The fourth-order valence-corrected chi connectivity index (χ4v) is 1.95. The summed E-state index contributed by atoms with van der Waals surface area (Å²) in [5, 5.41) is 0. The van der Waals surface area contributed by atoms with E-state index in [1.54, 1.807) is 23.1 Å². The molecule has 1 aromatic carbocycles. The van der Waals surface area contributed by atoms with Crippen LogP contribution in [0.2, 0.25) is 0 Å². The average molecular weight is 264 g/mol. The van der Waals surface area contributed by atoms with Gasteiger partial charge in [0, 0.05) is 24.8 Å². The van der Waals surface area contributed by atoms with Crippen LogP contribution in [0.5, 0.6) is 5.75 Å². The number of carbonyl (C=O) groups excluding carboxylic acids is 2. The highest BCUT2D eigenvalue weighted by molar-refractivity contribution is 5.96. The molecule has 7 nitrogen and oxygen atoms in total. The molecule has 0 aromatic heterocycles. The first-order valence-corrected chi connectivity index (χ1v) is 5.83. The Bertz CT molecular complexity index is 518. The van der Waals surface area contributed by atoms with E-state index in [0.717, 1.165) is 6.54 Å². The Kier molecular flexibility index (Phi) is 3.57. The van der Waals surface area contributed by atoms with E-state index in [4.69, 9.17) is 16.2 Å². The van der Waals surface area contributed by atoms with Gasteiger partial charge < -0.3 is 21.1 Å². The highest BCUT2D eigenvalue weighted by Crippen LogP contribution is 2.28. The van der Waals surface area contributed by atoms with E-state index in [2.05, 4.69) is 0 Å². The zero-order valence-corrected chi connectivity index (χ0v) is 10.6. The molecule has 102 valence electrons. The third-order valence-corrected chi connectivity index (χ3v) is 2.93. The summed E-state index contributed by atoms with van der Waals surface area (Å²) in [7, 11) is 1.89. The molecule has 7 heteroatoms. The van der Waals surface area contributed by atoms with E-state index >= 15 is 0 Å². The zero-order chi connectivity index (χ0) is 14.0. The Hall–Kier alpha value is -2.28. The van der Waals surface area contributed by atoms with Crippen LogP contribution >= 0.6 is 0 Å². The van der Waals surface area contributed by atoms with Crippen molar-refractivity contribution in [2.24, 2.45) is 5.73 Å². The quantitative estimate of drug-likeness (QED) is 0.732. The van der Waals surface area contributed by atoms with Gasteiger partial charge in [-0.1, -0.05) is 0 Å². The van der Waals surface area contributed by atoms with Crippen LogP contribution in [-0.2, 0) is 4.79 Å². The van der Waals surface area contributed by atoms with E-state index < -0.39 is 6.09 Å². The largest absolute Gasteiger partial charge is 0.410 e. The summed E-state index contributed by atoms with van der Waals surface area (Å²) < 4.78 is 4.80. The highest BCUT2D eigenvalue weighted by atomic mass is 16.5. The first-order chi connectivity index (χ1) is 8.97. The van der Waals surface area contributed by atoms with Gasteiger partial charge in [-0.25, -0.2) is 4.79 Å². The summed E-state index contributed by atoms with van der Waals surface area (Å²) >= 11 is 0. The molecule has 1 aliphatic heterocycles. The van der Waals surface area contributed by atoms with Gasteiger partial charge in [0.25, 0.3) is 0 Å². The normalized spacial score (nSPS) is 16.5. The van der Waals surface area contributed by atoms with Crippen molar-refractivity contribution in [2.45, 2.75) is 0 Å². The van der Waals surface area contributed by atoms with Crippen LogP contribution in [0.25, 0.3) is 0 Å². The molecular weight excluding hydrogens is 248 g/mol. The third kappa shape index (κ3) is 2.94. The van der Waals surface area contributed by atoms with Gasteiger partial charge in [-0.15, -0.1) is 0 Å². The SMILES string of the molecule is CN1CCN(c2ccc(N)c(OC(N)=O)c2)C(=O)C1. The lowest BCUT2D eigenvalue weighted by molar-refractivity contribution is -0.120. The van der Waals surface area contributed by atoms with E-state index in [0.29, 0.717) is 24.5 Å². The molecule has 1 aliphatic rings. The summed E-state index contributed by atoms with van der Waals surface area (Å²) in [6.07, 6.45) is -0.937. The second-order valence-electron chi connectivity index (χ2n) is 4.43. The average Bonchev–Trinajstić information content (AvgIpc) is 2.32. The van der Waals surface area contributed by atoms with Gasteiger partial charge in [-0.05, 0) is 19.2 Å². The number of ether oxygens (including phenoxy) is 1. The molecule has 0 atom stereocenters. The van der Waals surface area contributed by atoms with Crippen LogP contribution < -0.4 is 21.1 Å². The van der Waals surface area contributed by atoms with E-state index in [1.165, 1.54) is 0 Å². The van der Waals surface area contributed by atoms with Crippen LogP contribution in [-0.4, -0.2) is 43.6 Å². The number of piperazine rings is 1. The smallest absolute Gasteiger partial charge is 0.408 e. The summed E-state index contributed by atoms with van der Waals surface area (Å²) in [5.41, 5.74) is 11.6. The Morgan fingerprint density at radius 1 is 1.37 bits per heavy atom. The molecule has 1 heterocycles. The third-order valence-electron chi connectivity index (χ3n) is 2.93. The number of nitrogens with zero attached hydrogens (tertiary/aromatic N) is 2. The number of hydrogen-bond acceptors (Lipinski definition) is 5. The number of amides is 2. The Morgan fingerprint density at radius 3 is 2.74 bits per heavy atom. The van der Waals surface area contributed by atoms with Crippen LogP contribution in [0.4, 0.5) is 16.2 Å². The lowest BCUT2D eigenvalue weighted by atomic mass is 10.2. The number of nitrogens with two attached hydrogens (primary N) is 2. The number of carbonyl (C=O) groups is 2. The molecular formula is C12H16N4O3. The molecule has 1 aromatic rings. The number of likely N-dealkylation sites (N-methyl/N-ethyl adjacent to an activating group) is 1.